The fourth-order valence-electron chi connectivity index (χ4n) is 1.37. The van der Waals surface area contributed by atoms with E-state index in [1.807, 2.05) is 45.1 Å². The predicted octanol–water partition coefficient (Wildman–Crippen LogP) is 4.32. The van der Waals surface area contributed by atoms with E-state index in [1.165, 1.54) is 6.21 Å². The molecule has 2 heteroatoms. The third kappa shape index (κ3) is 5.81. The molecule has 2 N–H and O–H groups in total. The van der Waals surface area contributed by atoms with E-state index in [1.54, 1.807) is 6.92 Å². The summed E-state index contributed by atoms with van der Waals surface area (Å²) in [4.78, 5) is 0. The second kappa shape index (κ2) is 7.55. The Morgan fingerprint density at radius 2 is 1.82 bits per heavy atom. The lowest BCUT2D eigenvalue weighted by atomic mass is 9.98. The molecule has 0 aromatic carbocycles. The second-order valence-corrected chi connectivity index (χ2v) is 4.14. The Balaban J connectivity index is 4.93. The zero-order valence-electron chi connectivity index (χ0n) is 11.2. The molecule has 92 valence electrons. The molecule has 17 heavy (non-hydrogen) atoms. The molecule has 0 fully saturated rings. The quantitative estimate of drug-likeness (QED) is 0.504. The summed E-state index contributed by atoms with van der Waals surface area (Å²) < 4.78 is 0. The first-order valence-corrected chi connectivity index (χ1v) is 5.66. The molecule has 1 atom stereocenters. The van der Waals surface area contributed by atoms with Crippen LogP contribution in [-0.2, 0) is 0 Å². The lowest BCUT2D eigenvalue weighted by molar-refractivity contribution is 1.14. The molecule has 0 bridgehead atoms. The van der Waals surface area contributed by atoms with Gasteiger partial charge >= 0.3 is 0 Å². The maximum atomic E-state index is 7.54. The first-order valence-electron chi connectivity index (χ1n) is 5.66. The summed E-state index contributed by atoms with van der Waals surface area (Å²) in [7, 11) is 0. The van der Waals surface area contributed by atoms with E-state index in [0.29, 0.717) is 5.71 Å². The number of hydrogen-bond acceptors (Lipinski definition) is 2. The zero-order chi connectivity index (χ0) is 13.4. The summed E-state index contributed by atoms with van der Waals surface area (Å²) in [6.07, 6.45) is 9.19. The highest BCUT2D eigenvalue weighted by atomic mass is 14.4. The minimum atomic E-state index is -0.220. The minimum absolute atomic E-state index is 0.220. The van der Waals surface area contributed by atoms with Gasteiger partial charge in [0.15, 0.2) is 0 Å². The van der Waals surface area contributed by atoms with E-state index >= 15 is 0 Å². The summed E-state index contributed by atoms with van der Waals surface area (Å²) in [5, 5.41) is 14.8. The van der Waals surface area contributed by atoms with E-state index in [0.717, 1.165) is 16.7 Å². The molecule has 0 rings (SSSR count). The van der Waals surface area contributed by atoms with Gasteiger partial charge in [-0.15, -0.1) is 0 Å². The van der Waals surface area contributed by atoms with Gasteiger partial charge in [-0.25, -0.2) is 0 Å². The molecule has 0 spiro atoms. The van der Waals surface area contributed by atoms with Crippen LogP contribution < -0.4 is 0 Å². The van der Waals surface area contributed by atoms with Crippen LogP contribution in [0.15, 0.2) is 47.6 Å². The lowest BCUT2D eigenvalue weighted by Gasteiger charge is -2.07. The lowest BCUT2D eigenvalue weighted by Crippen LogP contribution is -2.08. The van der Waals surface area contributed by atoms with Gasteiger partial charge in [-0.1, -0.05) is 36.5 Å². The number of rotatable bonds is 6. The fraction of sp³-hybridized carbons (Fsp3) is 0.333. The SMILES string of the molecule is C=C(/C=C(/C)C=CC)/C(C)=C/C(C=N)C(C)=N. The van der Waals surface area contributed by atoms with Crippen molar-refractivity contribution in [2.24, 2.45) is 5.92 Å². The van der Waals surface area contributed by atoms with Gasteiger partial charge in [0, 0.05) is 17.8 Å². The van der Waals surface area contributed by atoms with Crippen molar-refractivity contribution in [3.8, 4) is 0 Å². The largest absolute Gasteiger partial charge is 0.312 e. The Labute approximate surface area is 104 Å². The predicted molar refractivity (Wildman–Crippen MR) is 77.1 cm³/mol. The van der Waals surface area contributed by atoms with E-state index in [9.17, 15) is 0 Å². The van der Waals surface area contributed by atoms with Gasteiger partial charge < -0.3 is 10.8 Å². The number of hydrogen-bond donors (Lipinski definition) is 2. The molecule has 0 radical (unpaired) electrons. The summed E-state index contributed by atoms with van der Waals surface area (Å²) in [6.45, 7) is 11.7. The Kier molecular flexibility index (Phi) is 6.80. The maximum absolute atomic E-state index is 7.54. The van der Waals surface area contributed by atoms with Crippen LogP contribution in [0.1, 0.15) is 27.7 Å². The average molecular weight is 230 g/mol. The molecule has 1 unspecified atom stereocenters. The summed E-state index contributed by atoms with van der Waals surface area (Å²) in [6, 6.07) is 0. The van der Waals surface area contributed by atoms with Gasteiger partial charge in [0.05, 0.1) is 0 Å². The third-order valence-corrected chi connectivity index (χ3v) is 2.45. The molecule has 0 aromatic rings. The summed E-state index contributed by atoms with van der Waals surface area (Å²) in [5.41, 5.74) is 3.55. The van der Waals surface area contributed by atoms with E-state index < -0.39 is 0 Å². The normalized spacial score (nSPS) is 14.8. The van der Waals surface area contributed by atoms with Crippen molar-refractivity contribution in [1.29, 1.82) is 10.8 Å². The van der Waals surface area contributed by atoms with Crippen LogP contribution in [0.4, 0.5) is 0 Å². The van der Waals surface area contributed by atoms with Crippen molar-refractivity contribution in [3.63, 3.8) is 0 Å². The fourth-order valence-corrected chi connectivity index (χ4v) is 1.37. The minimum Gasteiger partial charge on any atom is -0.312 e. The molecule has 0 saturated carbocycles. The van der Waals surface area contributed by atoms with Gasteiger partial charge in [-0.3, -0.25) is 0 Å². The standard InChI is InChI=1S/C15H22N2/c1-6-7-11(2)8-12(3)13(4)9-15(10-16)14(5)17/h6-10,15-17H,3H2,1-2,4-5H3/b7-6?,11-8-,13-9+,16-10?,17-14?. The number of nitrogens with one attached hydrogen (secondary N) is 2. The second-order valence-electron chi connectivity index (χ2n) is 4.14. The van der Waals surface area contributed by atoms with Gasteiger partial charge in [0.2, 0.25) is 0 Å². The maximum Gasteiger partial charge on any atom is 0.0496 e. The summed E-state index contributed by atoms with van der Waals surface area (Å²) in [5.74, 6) is -0.220. The highest BCUT2D eigenvalue weighted by Crippen LogP contribution is 2.14. The van der Waals surface area contributed by atoms with Crippen molar-refractivity contribution in [3.05, 3.63) is 47.6 Å². The van der Waals surface area contributed by atoms with Crippen LogP contribution in [0.5, 0.6) is 0 Å². The Morgan fingerprint density at radius 3 is 2.24 bits per heavy atom. The molecule has 0 aliphatic carbocycles. The van der Waals surface area contributed by atoms with Gasteiger partial charge in [0.1, 0.15) is 0 Å². The highest BCUT2D eigenvalue weighted by Gasteiger charge is 2.05. The molecule has 0 aliphatic rings. The van der Waals surface area contributed by atoms with Gasteiger partial charge in [-0.2, -0.15) is 0 Å². The summed E-state index contributed by atoms with van der Waals surface area (Å²) >= 11 is 0. The van der Waals surface area contributed by atoms with Crippen molar-refractivity contribution >= 4 is 11.9 Å². The van der Waals surface area contributed by atoms with Gasteiger partial charge in [-0.05, 0) is 38.8 Å². The van der Waals surface area contributed by atoms with Gasteiger partial charge in [0.25, 0.3) is 0 Å². The van der Waals surface area contributed by atoms with Crippen molar-refractivity contribution < 1.29 is 0 Å². The van der Waals surface area contributed by atoms with Crippen LogP contribution in [0, 0.1) is 16.7 Å². The topological polar surface area (TPSA) is 47.7 Å². The van der Waals surface area contributed by atoms with Crippen LogP contribution in [0.2, 0.25) is 0 Å². The molecule has 2 nitrogen and oxygen atoms in total. The van der Waals surface area contributed by atoms with Crippen LogP contribution in [-0.4, -0.2) is 11.9 Å². The molecule has 0 aromatic heterocycles. The zero-order valence-corrected chi connectivity index (χ0v) is 11.2. The van der Waals surface area contributed by atoms with E-state index in [-0.39, 0.29) is 5.92 Å². The first-order chi connectivity index (χ1) is 7.92. The Morgan fingerprint density at radius 1 is 1.24 bits per heavy atom. The first kappa shape index (κ1) is 15.3. The van der Waals surface area contributed by atoms with E-state index in [2.05, 4.69) is 6.58 Å². The highest BCUT2D eigenvalue weighted by molar-refractivity contribution is 5.96. The third-order valence-electron chi connectivity index (χ3n) is 2.45. The molecule has 0 aliphatic heterocycles. The monoisotopic (exact) mass is 230 g/mol. The van der Waals surface area contributed by atoms with Crippen molar-refractivity contribution in [2.75, 3.05) is 0 Å². The molecular weight excluding hydrogens is 208 g/mol. The Hall–Kier alpha value is -1.70. The molecule has 0 heterocycles. The number of allylic oxidation sites excluding steroid dienone is 7. The average Bonchev–Trinajstić information content (AvgIpc) is 2.25. The molecule has 0 saturated heterocycles. The van der Waals surface area contributed by atoms with Crippen LogP contribution >= 0.6 is 0 Å². The van der Waals surface area contributed by atoms with Crippen LogP contribution in [0.25, 0.3) is 0 Å². The van der Waals surface area contributed by atoms with Crippen molar-refractivity contribution in [2.45, 2.75) is 27.7 Å². The smallest absolute Gasteiger partial charge is 0.0496 e. The molecule has 0 amide bonds. The molecular formula is C15H22N2. The van der Waals surface area contributed by atoms with E-state index in [4.69, 9.17) is 10.8 Å². The van der Waals surface area contributed by atoms with Crippen molar-refractivity contribution in [1.82, 2.24) is 0 Å². The Bertz CT molecular complexity index is 395. The van der Waals surface area contributed by atoms with Crippen LogP contribution in [0.3, 0.4) is 0 Å².